The van der Waals surface area contributed by atoms with Crippen LogP contribution in [0.1, 0.15) is 0 Å². The molecule has 3 heteroatoms. The zero-order chi connectivity index (χ0) is 16.4. The van der Waals surface area contributed by atoms with Gasteiger partial charge in [0, 0.05) is 22.4 Å². The Bertz CT molecular complexity index is 900. The number of aromatic nitrogens is 2. The third kappa shape index (κ3) is 2.68. The van der Waals surface area contributed by atoms with Gasteiger partial charge in [0.25, 0.3) is 0 Å². The van der Waals surface area contributed by atoms with Crippen molar-refractivity contribution >= 4 is 5.69 Å². The number of hydrogen-bond acceptors (Lipinski definition) is 2. The maximum absolute atomic E-state index is 5.92. The van der Waals surface area contributed by atoms with Crippen LogP contribution in [-0.2, 0) is 0 Å². The van der Waals surface area contributed by atoms with Crippen molar-refractivity contribution in [1.29, 1.82) is 0 Å². The molecule has 0 bridgehead atoms. The Morgan fingerprint density at radius 2 is 1.29 bits per heavy atom. The largest absolute Gasteiger partial charge is 0.399 e. The number of nitrogen functional groups attached to an aromatic ring is 1. The molecule has 24 heavy (non-hydrogen) atoms. The number of benzene rings is 3. The Labute approximate surface area is 140 Å². The highest BCUT2D eigenvalue weighted by molar-refractivity contribution is 5.81. The van der Waals surface area contributed by atoms with Gasteiger partial charge in [-0.3, -0.25) is 0 Å². The lowest BCUT2D eigenvalue weighted by Crippen LogP contribution is -1.86. The predicted molar refractivity (Wildman–Crippen MR) is 99.3 cm³/mol. The summed E-state index contributed by atoms with van der Waals surface area (Å²) in [6, 6.07) is 28.2. The summed E-state index contributed by atoms with van der Waals surface area (Å²) in [5.74, 6) is 0.819. The average molecular weight is 311 g/mol. The molecule has 0 aliphatic rings. The Balaban J connectivity index is 1.91. The van der Waals surface area contributed by atoms with E-state index in [2.05, 4.69) is 29.2 Å². The van der Waals surface area contributed by atoms with Gasteiger partial charge < -0.3 is 10.7 Å². The normalized spacial score (nSPS) is 10.7. The van der Waals surface area contributed by atoms with Gasteiger partial charge in [0.05, 0.1) is 11.4 Å². The van der Waals surface area contributed by atoms with Crippen LogP contribution in [0.15, 0.2) is 84.9 Å². The van der Waals surface area contributed by atoms with Gasteiger partial charge in [-0.1, -0.05) is 72.8 Å². The minimum atomic E-state index is 0.728. The highest BCUT2D eigenvalue weighted by Gasteiger charge is 2.14. The minimum absolute atomic E-state index is 0.728. The van der Waals surface area contributed by atoms with E-state index in [0.29, 0.717) is 0 Å². The topological polar surface area (TPSA) is 54.7 Å². The first-order valence-corrected chi connectivity index (χ1v) is 7.88. The van der Waals surface area contributed by atoms with Crippen molar-refractivity contribution in [2.45, 2.75) is 0 Å². The van der Waals surface area contributed by atoms with Gasteiger partial charge in [-0.25, -0.2) is 4.98 Å². The number of hydrogen-bond donors (Lipinski definition) is 2. The Morgan fingerprint density at radius 1 is 0.667 bits per heavy atom. The zero-order valence-electron chi connectivity index (χ0n) is 13.1. The average Bonchev–Trinajstić information content (AvgIpc) is 3.09. The molecule has 0 radical (unpaired) electrons. The van der Waals surface area contributed by atoms with Crippen LogP contribution in [0, 0.1) is 0 Å². The number of nitrogens with zero attached hydrogens (tertiary/aromatic N) is 1. The van der Waals surface area contributed by atoms with Crippen LogP contribution in [0.3, 0.4) is 0 Å². The number of nitrogens with two attached hydrogens (primary N) is 1. The second kappa shape index (κ2) is 6.05. The second-order valence-electron chi connectivity index (χ2n) is 5.67. The summed E-state index contributed by atoms with van der Waals surface area (Å²) in [6.45, 7) is 0. The molecule has 4 rings (SSSR count). The molecule has 1 heterocycles. The fraction of sp³-hybridized carbons (Fsp3) is 0. The lowest BCUT2D eigenvalue weighted by molar-refractivity contribution is 1.31. The molecule has 3 N–H and O–H groups in total. The standard InChI is InChI=1S/C21H17N3/c22-18-13-7-12-17(14-18)21-23-19(15-8-3-1-4-9-15)20(24-21)16-10-5-2-6-11-16/h1-14H,22H2,(H,23,24). The Morgan fingerprint density at radius 3 is 1.96 bits per heavy atom. The summed E-state index contributed by atoms with van der Waals surface area (Å²) in [5.41, 5.74) is 11.8. The third-order valence-electron chi connectivity index (χ3n) is 3.97. The zero-order valence-corrected chi connectivity index (χ0v) is 13.1. The fourth-order valence-electron chi connectivity index (χ4n) is 2.81. The van der Waals surface area contributed by atoms with Crippen LogP contribution in [0.4, 0.5) is 5.69 Å². The SMILES string of the molecule is Nc1cccc(-c2nc(-c3ccccc3)c(-c3ccccc3)[nH]2)c1. The van der Waals surface area contributed by atoms with Crippen molar-refractivity contribution < 1.29 is 0 Å². The first-order valence-electron chi connectivity index (χ1n) is 7.88. The molecule has 0 spiro atoms. The first-order chi connectivity index (χ1) is 11.8. The molecule has 116 valence electrons. The van der Waals surface area contributed by atoms with E-state index >= 15 is 0 Å². The molecule has 0 atom stereocenters. The highest BCUT2D eigenvalue weighted by atomic mass is 14.9. The van der Waals surface area contributed by atoms with Crippen molar-refractivity contribution in [2.75, 3.05) is 5.73 Å². The van der Waals surface area contributed by atoms with E-state index in [4.69, 9.17) is 10.7 Å². The molecule has 0 aliphatic carbocycles. The number of anilines is 1. The molecule has 0 saturated carbocycles. The Kier molecular flexibility index (Phi) is 3.60. The lowest BCUT2D eigenvalue weighted by atomic mass is 10.1. The predicted octanol–water partition coefficient (Wildman–Crippen LogP) is 4.99. The monoisotopic (exact) mass is 311 g/mol. The van der Waals surface area contributed by atoms with E-state index in [1.807, 2.05) is 60.7 Å². The number of aromatic amines is 1. The van der Waals surface area contributed by atoms with Gasteiger partial charge in [-0.05, 0) is 12.1 Å². The van der Waals surface area contributed by atoms with E-state index in [0.717, 1.165) is 39.6 Å². The molecule has 0 saturated heterocycles. The molecule has 0 amide bonds. The van der Waals surface area contributed by atoms with Crippen molar-refractivity contribution in [3.05, 3.63) is 84.9 Å². The molecule has 1 aromatic heterocycles. The van der Waals surface area contributed by atoms with Crippen LogP contribution in [0.25, 0.3) is 33.9 Å². The van der Waals surface area contributed by atoms with E-state index in [-0.39, 0.29) is 0 Å². The van der Waals surface area contributed by atoms with E-state index in [9.17, 15) is 0 Å². The van der Waals surface area contributed by atoms with Crippen LogP contribution in [0.5, 0.6) is 0 Å². The molecule has 3 aromatic carbocycles. The van der Waals surface area contributed by atoms with E-state index < -0.39 is 0 Å². The van der Waals surface area contributed by atoms with Gasteiger partial charge in [-0.15, -0.1) is 0 Å². The first kappa shape index (κ1) is 14.3. The van der Waals surface area contributed by atoms with Crippen LogP contribution < -0.4 is 5.73 Å². The number of H-pyrrole nitrogens is 1. The third-order valence-corrected chi connectivity index (χ3v) is 3.97. The number of nitrogens with one attached hydrogen (secondary N) is 1. The summed E-state index contributed by atoms with van der Waals surface area (Å²) in [7, 11) is 0. The van der Waals surface area contributed by atoms with Crippen molar-refractivity contribution in [2.24, 2.45) is 0 Å². The molecule has 0 unspecified atom stereocenters. The molecular formula is C21H17N3. The van der Waals surface area contributed by atoms with E-state index in [1.165, 1.54) is 0 Å². The van der Waals surface area contributed by atoms with E-state index in [1.54, 1.807) is 0 Å². The van der Waals surface area contributed by atoms with Gasteiger partial charge in [0.2, 0.25) is 0 Å². The van der Waals surface area contributed by atoms with Crippen molar-refractivity contribution in [1.82, 2.24) is 9.97 Å². The van der Waals surface area contributed by atoms with Crippen molar-refractivity contribution in [3.63, 3.8) is 0 Å². The quantitative estimate of drug-likeness (QED) is 0.523. The second-order valence-corrected chi connectivity index (χ2v) is 5.67. The van der Waals surface area contributed by atoms with Gasteiger partial charge in [0.1, 0.15) is 5.82 Å². The van der Waals surface area contributed by atoms with Gasteiger partial charge in [0.15, 0.2) is 0 Å². The van der Waals surface area contributed by atoms with Crippen molar-refractivity contribution in [3.8, 4) is 33.9 Å². The number of imidazole rings is 1. The maximum atomic E-state index is 5.92. The van der Waals surface area contributed by atoms with Crippen LogP contribution in [-0.4, -0.2) is 9.97 Å². The molecular weight excluding hydrogens is 294 g/mol. The summed E-state index contributed by atoms with van der Waals surface area (Å²) < 4.78 is 0. The smallest absolute Gasteiger partial charge is 0.138 e. The van der Waals surface area contributed by atoms with Crippen LogP contribution >= 0.6 is 0 Å². The fourth-order valence-corrected chi connectivity index (χ4v) is 2.81. The molecule has 3 nitrogen and oxygen atoms in total. The van der Waals surface area contributed by atoms with Gasteiger partial charge in [-0.2, -0.15) is 0 Å². The maximum Gasteiger partial charge on any atom is 0.138 e. The molecule has 0 fully saturated rings. The Hall–Kier alpha value is -3.33. The lowest BCUT2D eigenvalue weighted by Gasteiger charge is -2.02. The van der Waals surface area contributed by atoms with Gasteiger partial charge >= 0.3 is 0 Å². The molecule has 4 aromatic rings. The number of rotatable bonds is 3. The summed E-state index contributed by atoms with van der Waals surface area (Å²) in [5, 5.41) is 0. The summed E-state index contributed by atoms with van der Waals surface area (Å²) in [4.78, 5) is 8.33. The molecule has 0 aliphatic heterocycles. The van der Waals surface area contributed by atoms with Crippen LogP contribution in [0.2, 0.25) is 0 Å². The summed E-state index contributed by atoms with van der Waals surface area (Å²) in [6.07, 6.45) is 0. The minimum Gasteiger partial charge on any atom is -0.399 e. The summed E-state index contributed by atoms with van der Waals surface area (Å²) >= 11 is 0. The highest BCUT2D eigenvalue weighted by Crippen LogP contribution is 2.33.